The number of rotatable bonds is 2. The van der Waals surface area contributed by atoms with Crippen molar-refractivity contribution in [3.05, 3.63) is 11.6 Å². The van der Waals surface area contributed by atoms with Crippen LogP contribution in [0.3, 0.4) is 0 Å². The molecule has 0 heterocycles. The predicted octanol–water partition coefficient (Wildman–Crippen LogP) is 3.71. The molecule has 0 aliphatic heterocycles. The largest absolute Gasteiger partial charge is 0.469 e. The standard InChI is InChI=1S/C19H30O3/c1-18-9-4-10-19(2,17(21)22-3)16(18)8-6-14-11-13(12-20)5-7-15(14)18/h11,14-16,20H,4-10,12H2,1-3H3/t14-,15-,16+,18+,19-/m0/s1. The van der Waals surface area contributed by atoms with Gasteiger partial charge in [-0.2, -0.15) is 0 Å². The number of esters is 1. The normalized spacial score (nSPS) is 44.5. The highest BCUT2D eigenvalue weighted by molar-refractivity contribution is 5.77. The number of hydrogen-bond acceptors (Lipinski definition) is 3. The van der Waals surface area contributed by atoms with Crippen molar-refractivity contribution >= 4 is 5.97 Å². The molecule has 124 valence electrons. The Morgan fingerprint density at radius 1 is 1.32 bits per heavy atom. The van der Waals surface area contributed by atoms with Crippen molar-refractivity contribution in [3.63, 3.8) is 0 Å². The highest BCUT2D eigenvalue weighted by Crippen LogP contribution is 2.63. The number of aliphatic hydroxyl groups excluding tert-OH is 1. The first-order valence-electron chi connectivity index (χ1n) is 8.84. The third-order valence-corrected chi connectivity index (χ3v) is 7.21. The Morgan fingerprint density at radius 3 is 2.77 bits per heavy atom. The predicted molar refractivity (Wildman–Crippen MR) is 86.2 cm³/mol. The summed E-state index contributed by atoms with van der Waals surface area (Å²) in [7, 11) is 1.53. The molecule has 2 fully saturated rings. The topological polar surface area (TPSA) is 46.5 Å². The summed E-state index contributed by atoms with van der Waals surface area (Å²) in [5.41, 5.74) is 1.14. The van der Waals surface area contributed by atoms with E-state index in [1.807, 2.05) is 0 Å². The van der Waals surface area contributed by atoms with Crippen LogP contribution in [0.1, 0.15) is 58.8 Å². The van der Waals surface area contributed by atoms with Gasteiger partial charge < -0.3 is 9.84 Å². The maximum absolute atomic E-state index is 12.5. The van der Waals surface area contributed by atoms with Gasteiger partial charge in [-0.05, 0) is 74.2 Å². The van der Waals surface area contributed by atoms with E-state index in [0.29, 0.717) is 17.8 Å². The molecule has 2 saturated carbocycles. The maximum Gasteiger partial charge on any atom is 0.311 e. The Kier molecular flexibility index (Phi) is 4.13. The molecule has 0 aromatic rings. The van der Waals surface area contributed by atoms with E-state index in [-0.39, 0.29) is 23.4 Å². The van der Waals surface area contributed by atoms with Gasteiger partial charge in [0, 0.05) is 0 Å². The molecule has 1 N–H and O–H groups in total. The quantitative estimate of drug-likeness (QED) is 0.625. The number of methoxy groups -OCH3 is 1. The molecule has 0 saturated heterocycles. The van der Waals surface area contributed by atoms with Gasteiger partial charge in [-0.3, -0.25) is 4.79 Å². The van der Waals surface area contributed by atoms with Gasteiger partial charge in [0.25, 0.3) is 0 Å². The van der Waals surface area contributed by atoms with Crippen LogP contribution in [0.5, 0.6) is 0 Å². The van der Waals surface area contributed by atoms with Crippen molar-refractivity contribution in [2.45, 2.75) is 58.8 Å². The second-order valence-corrected chi connectivity index (χ2v) is 8.19. The fourth-order valence-corrected chi connectivity index (χ4v) is 6.13. The summed E-state index contributed by atoms with van der Waals surface area (Å²) in [5.74, 6) is 1.68. The number of fused-ring (bicyclic) bond motifs is 3. The number of hydrogen-bond donors (Lipinski definition) is 1. The van der Waals surface area contributed by atoms with E-state index in [0.717, 1.165) is 32.1 Å². The third kappa shape index (κ3) is 2.24. The summed E-state index contributed by atoms with van der Waals surface area (Å²) < 4.78 is 5.17. The molecule has 0 amide bonds. The van der Waals surface area contributed by atoms with E-state index in [9.17, 15) is 9.90 Å². The van der Waals surface area contributed by atoms with E-state index in [1.54, 1.807) is 0 Å². The molecule has 0 aromatic heterocycles. The molecule has 0 spiro atoms. The van der Waals surface area contributed by atoms with Crippen LogP contribution in [0.4, 0.5) is 0 Å². The average molecular weight is 306 g/mol. The first kappa shape index (κ1) is 16.0. The monoisotopic (exact) mass is 306 g/mol. The summed E-state index contributed by atoms with van der Waals surface area (Å²) in [6.45, 7) is 4.77. The van der Waals surface area contributed by atoms with Crippen molar-refractivity contribution < 1.29 is 14.6 Å². The molecule has 3 rings (SSSR count). The van der Waals surface area contributed by atoms with Crippen LogP contribution in [-0.2, 0) is 9.53 Å². The van der Waals surface area contributed by atoms with Crippen LogP contribution in [0.25, 0.3) is 0 Å². The number of allylic oxidation sites excluding steroid dienone is 1. The van der Waals surface area contributed by atoms with Crippen LogP contribution >= 0.6 is 0 Å². The van der Waals surface area contributed by atoms with Crippen LogP contribution < -0.4 is 0 Å². The van der Waals surface area contributed by atoms with Crippen LogP contribution in [-0.4, -0.2) is 24.8 Å². The summed E-state index contributed by atoms with van der Waals surface area (Å²) >= 11 is 0. The molecule has 0 aromatic carbocycles. The maximum atomic E-state index is 12.5. The average Bonchev–Trinajstić information content (AvgIpc) is 2.53. The second-order valence-electron chi connectivity index (χ2n) is 8.19. The second kappa shape index (κ2) is 5.67. The first-order valence-corrected chi connectivity index (χ1v) is 8.84. The lowest BCUT2D eigenvalue weighted by Crippen LogP contribution is -2.55. The van der Waals surface area contributed by atoms with Gasteiger partial charge in [-0.25, -0.2) is 0 Å². The van der Waals surface area contributed by atoms with E-state index in [4.69, 9.17) is 4.74 Å². The van der Waals surface area contributed by atoms with Gasteiger partial charge >= 0.3 is 5.97 Å². The highest BCUT2D eigenvalue weighted by Gasteiger charge is 2.58. The van der Waals surface area contributed by atoms with E-state index >= 15 is 0 Å². The summed E-state index contributed by atoms with van der Waals surface area (Å²) in [6, 6.07) is 0. The Bertz CT molecular complexity index is 483. The van der Waals surface area contributed by atoms with Crippen LogP contribution in [0, 0.1) is 28.6 Å². The molecule has 5 atom stereocenters. The fraction of sp³-hybridized carbons (Fsp3) is 0.842. The number of aliphatic hydroxyl groups is 1. The molecule has 0 unspecified atom stereocenters. The van der Waals surface area contributed by atoms with E-state index in [2.05, 4.69) is 19.9 Å². The van der Waals surface area contributed by atoms with Gasteiger partial charge in [0.15, 0.2) is 0 Å². The minimum atomic E-state index is -0.312. The van der Waals surface area contributed by atoms with Crippen LogP contribution in [0.15, 0.2) is 11.6 Å². The van der Waals surface area contributed by atoms with Gasteiger partial charge in [-0.15, -0.1) is 0 Å². The Hall–Kier alpha value is -0.830. The number of carbonyl (C=O) groups excluding carboxylic acids is 1. The molecular weight excluding hydrogens is 276 g/mol. The van der Waals surface area contributed by atoms with Crippen molar-refractivity contribution in [3.8, 4) is 0 Å². The van der Waals surface area contributed by atoms with Crippen molar-refractivity contribution in [2.24, 2.45) is 28.6 Å². The van der Waals surface area contributed by atoms with E-state index < -0.39 is 0 Å². The van der Waals surface area contributed by atoms with Crippen molar-refractivity contribution in [1.82, 2.24) is 0 Å². The smallest absolute Gasteiger partial charge is 0.311 e. The van der Waals surface area contributed by atoms with Crippen molar-refractivity contribution in [1.29, 1.82) is 0 Å². The lowest BCUT2D eigenvalue weighted by Gasteiger charge is -2.59. The minimum Gasteiger partial charge on any atom is -0.469 e. The van der Waals surface area contributed by atoms with E-state index in [1.165, 1.54) is 25.5 Å². The van der Waals surface area contributed by atoms with Crippen molar-refractivity contribution in [2.75, 3.05) is 13.7 Å². The zero-order valence-corrected chi connectivity index (χ0v) is 14.2. The number of carbonyl (C=O) groups is 1. The molecule has 3 nitrogen and oxygen atoms in total. The van der Waals surface area contributed by atoms with Gasteiger partial charge in [-0.1, -0.05) is 19.4 Å². The Labute approximate surface area is 134 Å². The van der Waals surface area contributed by atoms with Gasteiger partial charge in [0.2, 0.25) is 0 Å². The molecule has 22 heavy (non-hydrogen) atoms. The molecule has 3 heteroatoms. The fourth-order valence-electron chi connectivity index (χ4n) is 6.13. The molecule has 0 radical (unpaired) electrons. The summed E-state index contributed by atoms with van der Waals surface area (Å²) in [6.07, 6.45) is 10.1. The number of ether oxygens (including phenoxy) is 1. The third-order valence-electron chi connectivity index (χ3n) is 7.21. The Morgan fingerprint density at radius 2 is 2.09 bits per heavy atom. The molecular formula is C19H30O3. The van der Waals surface area contributed by atoms with Gasteiger partial charge in [0.1, 0.15) is 0 Å². The molecule has 0 bridgehead atoms. The highest BCUT2D eigenvalue weighted by atomic mass is 16.5. The SMILES string of the molecule is COC(=O)[C@@]1(C)CCC[C@@]2(C)[C@H]1CC[C@H]1C=C(CO)CC[C@@H]12. The molecule has 3 aliphatic carbocycles. The zero-order chi connectivity index (χ0) is 16.0. The molecule has 3 aliphatic rings. The summed E-state index contributed by atoms with van der Waals surface area (Å²) in [4.78, 5) is 12.5. The minimum absolute atomic E-state index is 0.00993. The lowest BCUT2D eigenvalue weighted by molar-refractivity contribution is -0.172. The van der Waals surface area contributed by atoms with Gasteiger partial charge in [0.05, 0.1) is 19.1 Å². The van der Waals surface area contributed by atoms with Crippen LogP contribution in [0.2, 0.25) is 0 Å². The lowest BCUT2D eigenvalue weighted by atomic mass is 9.45. The summed E-state index contributed by atoms with van der Waals surface area (Å²) in [5, 5.41) is 9.44. The Balaban J connectivity index is 1.92. The first-order chi connectivity index (χ1) is 10.5. The zero-order valence-electron chi connectivity index (χ0n) is 14.2.